The minimum Gasteiger partial charge on any atom is -0.504 e. The van der Waals surface area contributed by atoms with E-state index in [1.54, 1.807) is 73.4 Å². The van der Waals surface area contributed by atoms with Crippen molar-refractivity contribution in [1.82, 2.24) is 0 Å². The van der Waals surface area contributed by atoms with E-state index in [9.17, 15) is 20.4 Å². The van der Waals surface area contributed by atoms with Crippen LogP contribution in [0.5, 0.6) is 46.0 Å². The predicted molar refractivity (Wildman–Crippen MR) is 343 cm³/mol. The Kier molecular flexibility index (Phi) is 19.3. The first-order chi connectivity index (χ1) is 41.2. The minimum absolute atomic E-state index is 0.101. The van der Waals surface area contributed by atoms with Crippen LogP contribution in [0.3, 0.4) is 0 Å². The van der Waals surface area contributed by atoms with Crippen molar-refractivity contribution in [3.05, 3.63) is 265 Å². The largest absolute Gasteiger partial charge is 0.504 e. The Morgan fingerprint density at radius 1 is 0.238 bits per heavy atom. The highest BCUT2D eigenvalue weighted by molar-refractivity contribution is 5.99. The molecule has 12 aromatic carbocycles. The van der Waals surface area contributed by atoms with E-state index >= 15 is 0 Å². The van der Waals surface area contributed by atoms with Gasteiger partial charge in [-0.25, -0.2) is 0 Å². The molecule has 0 aliphatic carbocycles. The third kappa shape index (κ3) is 14.0. The van der Waals surface area contributed by atoms with Gasteiger partial charge in [-0.1, -0.05) is 170 Å². The number of hydrogen-bond acceptors (Lipinski definition) is 12. The van der Waals surface area contributed by atoms with Crippen LogP contribution in [0, 0.1) is 0 Å². The van der Waals surface area contributed by atoms with Crippen LogP contribution in [-0.4, -0.2) is 73.7 Å². The monoisotopic (exact) mass is 1110 g/mol. The van der Waals surface area contributed by atoms with Crippen molar-refractivity contribution in [2.75, 3.05) is 28.4 Å². The van der Waals surface area contributed by atoms with Gasteiger partial charge in [0.15, 0.2) is 46.0 Å². The SMILES string of the molecule is COc1cccc(C=Nc2cccc3ccccc23)c1O.COc1cccc(C=Nc2cccc3ccccc23)c1O.COc1cccc(C=Nc2cccc3ccccc23)c1O.COc1cccc(C=Nc2cccc3ccccc23)c1O. The van der Waals surface area contributed by atoms with Gasteiger partial charge in [0.1, 0.15) is 0 Å². The number of fused-ring (bicyclic) bond motifs is 4. The normalized spacial score (nSPS) is 11.1. The molecule has 0 aromatic heterocycles. The summed E-state index contributed by atoms with van der Waals surface area (Å²) in [6, 6.07) is 77.6. The third-order valence-electron chi connectivity index (χ3n) is 13.4. The fourth-order valence-electron chi connectivity index (χ4n) is 9.07. The first-order valence-electron chi connectivity index (χ1n) is 26.7. The van der Waals surface area contributed by atoms with Gasteiger partial charge in [-0.3, -0.25) is 20.0 Å². The van der Waals surface area contributed by atoms with Crippen LogP contribution >= 0.6 is 0 Å². The number of rotatable bonds is 12. The van der Waals surface area contributed by atoms with Crippen molar-refractivity contribution in [1.29, 1.82) is 0 Å². The number of phenolic OH excluding ortho intramolecular Hbond substituents is 4. The molecule has 12 nitrogen and oxygen atoms in total. The van der Waals surface area contributed by atoms with Crippen LogP contribution in [0.25, 0.3) is 43.1 Å². The van der Waals surface area contributed by atoms with Gasteiger partial charge in [0.2, 0.25) is 0 Å². The highest BCUT2D eigenvalue weighted by Crippen LogP contribution is 2.35. The van der Waals surface area contributed by atoms with Gasteiger partial charge in [0.05, 0.1) is 51.2 Å². The number of methoxy groups -OCH3 is 4. The zero-order chi connectivity index (χ0) is 58.6. The molecular weight excluding hydrogens is 1050 g/mol. The second kappa shape index (κ2) is 28.3. The smallest absolute Gasteiger partial charge is 0.166 e. The fourth-order valence-corrected chi connectivity index (χ4v) is 9.07. The van der Waals surface area contributed by atoms with Gasteiger partial charge in [0.25, 0.3) is 0 Å². The van der Waals surface area contributed by atoms with E-state index in [0.29, 0.717) is 45.3 Å². The van der Waals surface area contributed by atoms with Gasteiger partial charge < -0.3 is 39.4 Å². The summed E-state index contributed by atoms with van der Waals surface area (Å²) in [7, 11) is 6.11. The van der Waals surface area contributed by atoms with E-state index < -0.39 is 0 Å². The molecule has 0 aliphatic heterocycles. The van der Waals surface area contributed by atoms with Crippen LogP contribution in [0.2, 0.25) is 0 Å². The number of para-hydroxylation sites is 4. The second-order valence-electron chi connectivity index (χ2n) is 18.6. The number of aliphatic imine (C=N–C) groups is 4. The number of aromatic hydroxyl groups is 4. The summed E-state index contributed by atoms with van der Waals surface area (Å²) in [5.41, 5.74) is 5.99. The van der Waals surface area contributed by atoms with Gasteiger partial charge >= 0.3 is 0 Å². The summed E-state index contributed by atoms with van der Waals surface area (Å²) < 4.78 is 20.4. The van der Waals surface area contributed by atoms with E-state index in [1.165, 1.54) is 28.4 Å². The van der Waals surface area contributed by atoms with Crippen LogP contribution < -0.4 is 18.9 Å². The second-order valence-corrected chi connectivity index (χ2v) is 18.6. The summed E-state index contributed by atoms with van der Waals surface area (Å²) in [4.78, 5) is 18.0. The Labute approximate surface area is 487 Å². The van der Waals surface area contributed by atoms with Crippen molar-refractivity contribution in [2.24, 2.45) is 20.0 Å². The Morgan fingerprint density at radius 3 is 0.643 bits per heavy atom. The molecule has 0 aliphatic rings. The summed E-state index contributed by atoms with van der Waals surface area (Å²) in [6.07, 6.45) is 6.61. The Morgan fingerprint density at radius 2 is 0.429 bits per heavy atom. The highest BCUT2D eigenvalue weighted by Gasteiger charge is 2.10. The number of nitrogens with zero attached hydrogens (tertiary/aromatic N) is 4. The average molecular weight is 1110 g/mol. The van der Waals surface area contributed by atoms with Crippen LogP contribution in [-0.2, 0) is 0 Å². The minimum atomic E-state index is 0.101. The van der Waals surface area contributed by atoms with Crippen molar-refractivity contribution in [3.8, 4) is 46.0 Å². The summed E-state index contributed by atoms with van der Waals surface area (Å²) >= 11 is 0. The van der Waals surface area contributed by atoms with Crippen molar-refractivity contribution >= 4 is 90.7 Å². The van der Waals surface area contributed by atoms with E-state index in [-0.39, 0.29) is 23.0 Å². The molecule has 84 heavy (non-hydrogen) atoms. The zero-order valence-electron chi connectivity index (χ0n) is 46.6. The molecule has 0 fully saturated rings. The lowest BCUT2D eigenvalue weighted by molar-refractivity contribution is 0.373. The molecule has 416 valence electrons. The number of benzene rings is 12. The fraction of sp³-hybridized carbons (Fsp3) is 0.0556. The molecular formula is C72H60N4O8. The number of phenols is 4. The highest BCUT2D eigenvalue weighted by atomic mass is 16.5. The maximum absolute atomic E-state index is 10.1. The van der Waals surface area contributed by atoms with Crippen LogP contribution in [0.15, 0.2) is 263 Å². The number of ether oxygens (including phenoxy) is 4. The van der Waals surface area contributed by atoms with Gasteiger partial charge in [-0.2, -0.15) is 0 Å². The van der Waals surface area contributed by atoms with E-state index in [0.717, 1.165) is 65.8 Å². The van der Waals surface area contributed by atoms with E-state index in [4.69, 9.17) is 18.9 Å². The lowest BCUT2D eigenvalue weighted by atomic mass is 10.1. The summed E-state index contributed by atoms with van der Waals surface area (Å²) in [5.74, 6) is 2.17. The Balaban J connectivity index is 0.000000134. The van der Waals surface area contributed by atoms with Crippen LogP contribution in [0.4, 0.5) is 22.7 Å². The topological polar surface area (TPSA) is 167 Å². The molecule has 0 unspecified atom stereocenters. The number of hydrogen-bond donors (Lipinski definition) is 4. The Hall–Kier alpha value is -11.2. The van der Waals surface area contributed by atoms with E-state index in [2.05, 4.69) is 68.5 Å². The molecule has 0 heterocycles. The van der Waals surface area contributed by atoms with Crippen molar-refractivity contribution in [3.63, 3.8) is 0 Å². The summed E-state index contributed by atoms with van der Waals surface area (Å²) in [6.45, 7) is 0. The molecule has 0 atom stereocenters. The molecule has 0 amide bonds. The molecule has 12 aromatic rings. The van der Waals surface area contributed by atoms with Gasteiger partial charge in [-0.15, -0.1) is 0 Å². The molecule has 4 N–H and O–H groups in total. The average Bonchev–Trinajstić information content (AvgIpc) is 3.58. The standard InChI is InChI=1S/4C18H15NO2/c4*1-21-17-11-5-8-14(18(17)20)12-19-16-10-4-7-13-6-2-3-9-15(13)16/h4*2-12,20H,1H3. The van der Waals surface area contributed by atoms with Crippen LogP contribution in [0.1, 0.15) is 22.3 Å². The molecule has 0 saturated heterocycles. The quantitative estimate of drug-likeness (QED) is 0.0877. The maximum Gasteiger partial charge on any atom is 0.166 e. The molecule has 12 rings (SSSR count). The lowest BCUT2D eigenvalue weighted by Gasteiger charge is -2.05. The van der Waals surface area contributed by atoms with Gasteiger partial charge in [-0.05, 0) is 94.3 Å². The molecule has 0 radical (unpaired) electrons. The van der Waals surface area contributed by atoms with Crippen molar-refractivity contribution < 1.29 is 39.4 Å². The molecule has 0 bridgehead atoms. The van der Waals surface area contributed by atoms with Crippen molar-refractivity contribution in [2.45, 2.75) is 0 Å². The molecule has 0 saturated carbocycles. The first-order valence-corrected chi connectivity index (χ1v) is 26.7. The molecule has 0 spiro atoms. The maximum atomic E-state index is 10.1. The summed E-state index contributed by atoms with van der Waals surface area (Å²) in [5, 5.41) is 49.1. The zero-order valence-corrected chi connectivity index (χ0v) is 46.6. The van der Waals surface area contributed by atoms with E-state index in [1.807, 2.05) is 146 Å². The first kappa shape index (κ1) is 57.4. The Bertz CT molecular complexity index is 3770. The predicted octanol–water partition coefficient (Wildman–Crippen LogP) is 17.2. The lowest BCUT2D eigenvalue weighted by Crippen LogP contribution is -1.88. The van der Waals surface area contributed by atoms with Gasteiger partial charge in [0, 0.05) is 68.7 Å². The third-order valence-corrected chi connectivity index (χ3v) is 13.4. The molecule has 12 heteroatoms.